The van der Waals surface area contributed by atoms with Crippen molar-refractivity contribution in [1.82, 2.24) is 0 Å². The summed E-state index contributed by atoms with van der Waals surface area (Å²) in [5.41, 5.74) is -0.740. The first-order valence-corrected chi connectivity index (χ1v) is 14.9. The molecular formula is C32H50O5. The van der Waals surface area contributed by atoms with E-state index in [0.717, 1.165) is 25.7 Å². The quantitative estimate of drug-likeness (QED) is 0.319. The fourth-order valence-electron chi connectivity index (χ4n) is 11.6. The van der Waals surface area contributed by atoms with Gasteiger partial charge in [-0.2, -0.15) is 0 Å². The van der Waals surface area contributed by atoms with Crippen LogP contribution in [0, 0.1) is 56.7 Å². The zero-order valence-electron chi connectivity index (χ0n) is 24.4. The number of hydrogen-bond donors (Lipinski definition) is 2. The molecule has 0 saturated heterocycles. The molecule has 4 fully saturated rings. The predicted molar refractivity (Wildman–Crippen MR) is 144 cm³/mol. The normalized spacial score (nSPS) is 52.5. The number of aliphatic hydroxyl groups excluding tert-OH is 1. The van der Waals surface area contributed by atoms with Gasteiger partial charge in [0.15, 0.2) is 0 Å². The molecule has 0 bridgehead atoms. The zero-order valence-corrected chi connectivity index (χ0v) is 24.4. The molecule has 5 aliphatic rings. The van der Waals surface area contributed by atoms with Crippen LogP contribution in [0.4, 0.5) is 0 Å². The Morgan fingerprint density at radius 2 is 1.68 bits per heavy atom. The molecule has 5 rings (SSSR count). The molecule has 5 aliphatic carbocycles. The molecule has 0 unspecified atom stereocenters. The smallest absolute Gasteiger partial charge is 0.314 e. The second-order valence-corrected chi connectivity index (χ2v) is 15.3. The van der Waals surface area contributed by atoms with Crippen LogP contribution in [0.2, 0.25) is 0 Å². The van der Waals surface area contributed by atoms with Gasteiger partial charge in [0, 0.05) is 12.3 Å². The third-order valence-electron chi connectivity index (χ3n) is 13.3. The average molecular weight is 515 g/mol. The van der Waals surface area contributed by atoms with E-state index < -0.39 is 28.3 Å². The van der Waals surface area contributed by atoms with Gasteiger partial charge >= 0.3 is 11.9 Å². The number of ether oxygens (including phenoxy) is 1. The maximum Gasteiger partial charge on any atom is 0.314 e. The number of aliphatic hydroxyl groups is 1. The number of esters is 1. The highest BCUT2D eigenvalue weighted by molar-refractivity contribution is 5.81. The fourth-order valence-corrected chi connectivity index (χ4v) is 11.6. The zero-order chi connectivity index (χ0) is 27.3. The Balaban J connectivity index is 1.64. The van der Waals surface area contributed by atoms with Crippen LogP contribution in [0.5, 0.6) is 0 Å². The molecule has 37 heavy (non-hydrogen) atoms. The summed E-state index contributed by atoms with van der Waals surface area (Å²) < 4.78 is 5.79. The van der Waals surface area contributed by atoms with Gasteiger partial charge in [-0.1, -0.05) is 60.1 Å². The minimum absolute atomic E-state index is 0.0561. The Morgan fingerprint density at radius 3 is 2.30 bits per heavy atom. The van der Waals surface area contributed by atoms with Crippen LogP contribution in [0.1, 0.15) is 107 Å². The third-order valence-corrected chi connectivity index (χ3v) is 13.3. The summed E-state index contributed by atoms with van der Waals surface area (Å²) in [5, 5.41) is 23.2. The van der Waals surface area contributed by atoms with Crippen LogP contribution in [0.15, 0.2) is 11.6 Å². The van der Waals surface area contributed by atoms with Gasteiger partial charge in [-0.25, -0.2) is 0 Å². The van der Waals surface area contributed by atoms with Crippen LogP contribution in [-0.2, 0) is 14.3 Å². The van der Waals surface area contributed by atoms with Crippen molar-refractivity contribution in [2.45, 2.75) is 119 Å². The van der Waals surface area contributed by atoms with Gasteiger partial charge in [0.25, 0.3) is 0 Å². The van der Waals surface area contributed by atoms with Crippen molar-refractivity contribution in [2.75, 3.05) is 0 Å². The highest BCUT2D eigenvalue weighted by Gasteiger charge is 2.73. The van der Waals surface area contributed by atoms with Crippen molar-refractivity contribution < 1.29 is 24.5 Å². The van der Waals surface area contributed by atoms with E-state index in [0.29, 0.717) is 24.7 Å². The predicted octanol–water partition coefficient (Wildman–Crippen LogP) is 6.63. The van der Waals surface area contributed by atoms with E-state index in [1.165, 1.54) is 25.3 Å². The summed E-state index contributed by atoms with van der Waals surface area (Å²) in [6, 6.07) is 0. The number of hydrogen-bond acceptors (Lipinski definition) is 4. The molecule has 0 aromatic heterocycles. The van der Waals surface area contributed by atoms with E-state index in [9.17, 15) is 19.8 Å². The molecule has 0 spiro atoms. The minimum atomic E-state index is -0.933. The van der Waals surface area contributed by atoms with Crippen LogP contribution >= 0.6 is 0 Å². The number of aliphatic carboxylic acids is 1. The second-order valence-electron chi connectivity index (χ2n) is 15.3. The highest BCUT2D eigenvalue weighted by Crippen LogP contribution is 2.76. The summed E-state index contributed by atoms with van der Waals surface area (Å²) in [7, 11) is 0. The lowest BCUT2D eigenvalue weighted by molar-refractivity contribution is -0.249. The Labute approximate surface area is 223 Å². The number of rotatable bonds is 2. The molecule has 0 amide bonds. The average Bonchev–Trinajstić information content (AvgIpc) is 2.77. The lowest BCUT2D eigenvalue weighted by atomic mass is 9.32. The van der Waals surface area contributed by atoms with E-state index in [4.69, 9.17) is 4.74 Å². The fraction of sp³-hybridized carbons (Fsp3) is 0.875. The van der Waals surface area contributed by atoms with Crippen molar-refractivity contribution in [3.63, 3.8) is 0 Å². The molecule has 0 aromatic carbocycles. The highest BCUT2D eigenvalue weighted by atomic mass is 16.5. The summed E-state index contributed by atoms with van der Waals surface area (Å²) >= 11 is 0. The molecule has 0 heterocycles. The lowest BCUT2D eigenvalue weighted by Crippen LogP contribution is -2.70. The molecule has 11 atom stereocenters. The number of carboxylic acid groups (broad SMARTS) is 1. The first-order valence-electron chi connectivity index (χ1n) is 14.9. The second kappa shape index (κ2) is 8.32. The van der Waals surface area contributed by atoms with E-state index in [-0.39, 0.29) is 40.7 Å². The van der Waals surface area contributed by atoms with E-state index in [1.54, 1.807) is 0 Å². The minimum Gasteiger partial charge on any atom is -0.481 e. The Hall–Kier alpha value is -1.36. The third kappa shape index (κ3) is 3.37. The number of fused-ring (bicyclic) bond motifs is 7. The van der Waals surface area contributed by atoms with Gasteiger partial charge in [0.05, 0.1) is 11.5 Å². The van der Waals surface area contributed by atoms with Crippen LogP contribution in [0.3, 0.4) is 0 Å². The van der Waals surface area contributed by atoms with E-state index in [1.807, 2.05) is 0 Å². The number of allylic oxidation sites excluding steroid dienone is 1. The lowest BCUT2D eigenvalue weighted by Gasteiger charge is -2.71. The monoisotopic (exact) mass is 514 g/mol. The van der Waals surface area contributed by atoms with E-state index in [2.05, 4.69) is 54.5 Å². The standard InChI is InChI=1S/C32H50O5/c1-18-11-13-29(6)15-16-32(27(35)36)21(25(29)19(18)2)9-10-23-30(7)14-12-24(37-20(3)33)28(4,5)26(30)22(34)17-31(23,32)8/h9,18-19,22-26,34H,10-17H2,1-8H3,(H,35,36)/t18-,19+,22-,23-,24+,25+,26+,29-,30-,31-,32-/m1/s1. The van der Waals surface area contributed by atoms with Crippen LogP contribution < -0.4 is 0 Å². The summed E-state index contributed by atoms with van der Waals surface area (Å²) in [6.07, 6.45) is 8.48. The topological polar surface area (TPSA) is 83.8 Å². The van der Waals surface area contributed by atoms with Gasteiger partial charge in [-0.05, 0) is 97.2 Å². The van der Waals surface area contributed by atoms with Crippen molar-refractivity contribution >= 4 is 11.9 Å². The Morgan fingerprint density at radius 1 is 1.00 bits per heavy atom. The molecule has 0 aromatic rings. The van der Waals surface area contributed by atoms with Crippen molar-refractivity contribution in [3.8, 4) is 0 Å². The maximum absolute atomic E-state index is 13.6. The molecule has 2 N–H and O–H groups in total. The van der Waals surface area contributed by atoms with Crippen LogP contribution in [-0.4, -0.2) is 34.4 Å². The first-order chi connectivity index (χ1) is 17.1. The summed E-state index contributed by atoms with van der Waals surface area (Å²) in [4.78, 5) is 25.5. The van der Waals surface area contributed by atoms with Crippen molar-refractivity contribution in [2.24, 2.45) is 56.7 Å². The molecule has 208 valence electrons. The molecule has 0 aliphatic heterocycles. The number of carboxylic acids is 1. The molecular weight excluding hydrogens is 464 g/mol. The SMILES string of the molecule is CC(=O)O[C@H]1CC[C@]2(C)[C@H]3CC=C4[C@@H]5[C@@H](C)[C@H](C)CC[C@]5(C)CC[C@@]4(C(=O)O)[C@]3(C)C[C@@H](O)[C@H]2C1(C)C. The Bertz CT molecular complexity index is 1010. The van der Waals surface area contributed by atoms with Gasteiger partial charge in [-0.3, -0.25) is 9.59 Å². The Kier molecular flexibility index (Phi) is 6.12. The summed E-state index contributed by atoms with van der Waals surface area (Å²) in [6.45, 7) is 17.4. The maximum atomic E-state index is 13.6. The van der Waals surface area contributed by atoms with Gasteiger partial charge in [0.2, 0.25) is 0 Å². The van der Waals surface area contributed by atoms with Gasteiger partial charge in [-0.15, -0.1) is 0 Å². The largest absolute Gasteiger partial charge is 0.481 e. The number of carbonyl (C=O) groups excluding carboxylic acids is 1. The van der Waals surface area contributed by atoms with Crippen LogP contribution in [0.25, 0.3) is 0 Å². The number of carbonyl (C=O) groups is 2. The van der Waals surface area contributed by atoms with E-state index >= 15 is 0 Å². The molecule has 5 nitrogen and oxygen atoms in total. The summed E-state index contributed by atoms with van der Waals surface area (Å²) in [5.74, 6) is 0.488. The molecule has 4 saturated carbocycles. The van der Waals surface area contributed by atoms with Gasteiger partial charge in [0.1, 0.15) is 6.10 Å². The molecule has 5 heteroatoms. The molecule has 0 radical (unpaired) electrons. The first kappa shape index (κ1) is 27.2. The van der Waals surface area contributed by atoms with Crippen molar-refractivity contribution in [3.05, 3.63) is 11.6 Å². The van der Waals surface area contributed by atoms with Crippen molar-refractivity contribution in [1.29, 1.82) is 0 Å². The van der Waals surface area contributed by atoms with Gasteiger partial charge < -0.3 is 14.9 Å².